The predicted molar refractivity (Wildman–Crippen MR) is 101 cm³/mol. The highest BCUT2D eigenvalue weighted by atomic mass is 16.2. The summed E-state index contributed by atoms with van der Waals surface area (Å²) in [5, 5.41) is 3.17. The maximum atomic E-state index is 13.1. The van der Waals surface area contributed by atoms with Gasteiger partial charge in [0.05, 0.1) is 0 Å². The second-order valence-electron chi connectivity index (χ2n) is 7.40. The fourth-order valence-corrected chi connectivity index (χ4v) is 4.06. The molecule has 1 saturated carbocycles. The van der Waals surface area contributed by atoms with Gasteiger partial charge in [-0.2, -0.15) is 0 Å². The number of hydrogen-bond donors (Lipinski definition) is 1. The summed E-state index contributed by atoms with van der Waals surface area (Å²) in [7, 11) is 0. The van der Waals surface area contributed by atoms with Crippen molar-refractivity contribution in [2.45, 2.75) is 51.2 Å². The number of nitrogens with one attached hydrogen (secondary N) is 1. The summed E-state index contributed by atoms with van der Waals surface area (Å²) in [6.45, 7) is 2.48. The fourth-order valence-electron chi connectivity index (χ4n) is 4.06. The third-order valence-electron chi connectivity index (χ3n) is 5.48. The summed E-state index contributed by atoms with van der Waals surface area (Å²) < 4.78 is 0. The maximum absolute atomic E-state index is 13.1. The summed E-state index contributed by atoms with van der Waals surface area (Å²) >= 11 is 0. The molecule has 1 N–H and O–H groups in total. The van der Waals surface area contributed by atoms with Gasteiger partial charge in [0.2, 0.25) is 5.91 Å². The number of benzene rings is 2. The molecule has 0 radical (unpaired) electrons. The Balaban J connectivity index is 1.62. The van der Waals surface area contributed by atoms with E-state index in [0.29, 0.717) is 12.1 Å². The van der Waals surface area contributed by atoms with E-state index in [4.69, 9.17) is 0 Å². The van der Waals surface area contributed by atoms with E-state index in [1.807, 2.05) is 55.5 Å². The van der Waals surface area contributed by atoms with Gasteiger partial charge >= 0.3 is 0 Å². The zero-order chi connectivity index (χ0) is 18.1. The molecule has 4 rings (SSSR count). The molecule has 1 heterocycles. The molecular weight excluding hydrogens is 324 g/mol. The highest BCUT2D eigenvalue weighted by Crippen LogP contribution is 2.35. The van der Waals surface area contributed by atoms with Gasteiger partial charge < -0.3 is 10.2 Å². The molecule has 134 valence electrons. The molecule has 2 aromatic carbocycles. The normalized spacial score (nSPS) is 19.7. The molecule has 4 heteroatoms. The zero-order valence-electron chi connectivity index (χ0n) is 15.1. The van der Waals surface area contributed by atoms with Crippen molar-refractivity contribution >= 4 is 11.8 Å². The highest BCUT2D eigenvalue weighted by Gasteiger charge is 2.41. The maximum Gasteiger partial charge on any atom is 0.255 e. The van der Waals surface area contributed by atoms with Gasteiger partial charge in [-0.05, 0) is 37.0 Å². The summed E-state index contributed by atoms with van der Waals surface area (Å²) in [6.07, 6.45) is 4.40. The lowest BCUT2D eigenvalue weighted by Gasteiger charge is -2.26. The first-order valence-corrected chi connectivity index (χ1v) is 9.39. The lowest BCUT2D eigenvalue weighted by Crippen LogP contribution is -2.42. The molecule has 4 nitrogen and oxygen atoms in total. The van der Waals surface area contributed by atoms with Gasteiger partial charge in [0.25, 0.3) is 5.91 Å². The van der Waals surface area contributed by atoms with Crippen molar-refractivity contribution in [2.75, 3.05) is 0 Å². The largest absolute Gasteiger partial charge is 0.351 e. The third kappa shape index (κ3) is 3.12. The number of nitrogens with zero attached hydrogens (tertiary/aromatic N) is 1. The van der Waals surface area contributed by atoms with Crippen LogP contribution in [0.4, 0.5) is 0 Å². The van der Waals surface area contributed by atoms with Crippen LogP contribution in [0.3, 0.4) is 0 Å². The number of rotatable bonds is 4. The van der Waals surface area contributed by atoms with Gasteiger partial charge in [0.1, 0.15) is 6.04 Å². The number of hydrogen-bond acceptors (Lipinski definition) is 2. The van der Waals surface area contributed by atoms with Crippen molar-refractivity contribution in [2.24, 2.45) is 0 Å². The molecule has 1 unspecified atom stereocenters. The Morgan fingerprint density at radius 3 is 2.50 bits per heavy atom. The van der Waals surface area contributed by atoms with Crippen molar-refractivity contribution in [1.82, 2.24) is 10.2 Å². The van der Waals surface area contributed by atoms with Crippen LogP contribution in [0.25, 0.3) is 0 Å². The van der Waals surface area contributed by atoms with E-state index in [0.717, 1.165) is 36.8 Å². The summed E-state index contributed by atoms with van der Waals surface area (Å²) in [5.74, 6) is -0.116. The zero-order valence-corrected chi connectivity index (χ0v) is 15.1. The van der Waals surface area contributed by atoms with Gasteiger partial charge in [-0.3, -0.25) is 9.59 Å². The fraction of sp³-hybridized carbons (Fsp3) is 0.364. The van der Waals surface area contributed by atoms with Crippen molar-refractivity contribution in [3.05, 3.63) is 70.8 Å². The average molecular weight is 348 g/mol. The number of carbonyl (C=O) groups is 2. The summed E-state index contributed by atoms with van der Waals surface area (Å²) in [4.78, 5) is 27.7. The van der Waals surface area contributed by atoms with E-state index in [-0.39, 0.29) is 17.9 Å². The predicted octanol–water partition coefficient (Wildman–Crippen LogP) is 3.75. The molecule has 2 amide bonds. The van der Waals surface area contributed by atoms with Crippen molar-refractivity contribution in [1.29, 1.82) is 0 Å². The minimum atomic E-state index is -0.541. The molecule has 0 saturated heterocycles. The average Bonchev–Trinajstić information content (AvgIpc) is 3.24. The Labute approximate surface area is 154 Å². The van der Waals surface area contributed by atoms with E-state index < -0.39 is 6.04 Å². The highest BCUT2D eigenvalue weighted by molar-refractivity contribution is 6.04. The Morgan fingerprint density at radius 1 is 1.08 bits per heavy atom. The van der Waals surface area contributed by atoms with E-state index in [1.165, 1.54) is 5.56 Å². The second kappa shape index (κ2) is 6.94. The van der Waals surface area contributed by atoms with Gasteiger partial charge in [-0.25, -0.2) is 0 Å². The first-order valence-electron chi connectivity index (χ1n) is 9.39. The van der Waals surface area contributed by atoms with Crippen molar-refractivity contribution in [3.8, 4) is 0 Å². The van der Waals surface area contributed by atoms with Crippen molar-refractivity contribution in [3.63, 3.8) is 0 Å². The molecule has 0 aromatic heterocycles. The van der Waals surface area contributed by atoms with Crippen LogP contribution in [0.5, 0.6) is 0 Å². The van der Waals surface area contributed by atoms with E-state index >= 15 is 0 Å². The molecule has 2 aromatic rings. The first-order chi connectivity index (χ1) is 12.6. The van der Waals surface area contributed by atoms with Gasteiger partial charge in [-0.15, -0.1) is 0 Å². The first kappa shape index (κ1) is 16.8. The molecular formula is C22H24N2O2. The molecule has 1 aliphatic carbocycles. The quantitative estimate of drug-likeness (QED) is 0.915. The molecule has 1 aliphatic heterocycles. The van der Waals surface area contributed by atoms with Crippen molar-refractivity contribution < 1.29 is 9.59 Å². The van der Waals surface area contributed by atoms with Gasteiger partial charge in [0.15, 0.2) is 0 Å². The van der Waals surface area contributed by atoms with Crippen LogP contribution in [0.15, 0.2) is 48.5 Å². The lowest BCUT2D eigenvalue weighted by atomic mass is 10.0. The molecule has 26 heavy (non-hydrogen) atoms. The lowest BCUT2D eigenvalue weighted by molar-refractivity contribution is -0.126. The minimum absolute atomic E-state index is 0.0534. The molecule has 2 aliphatic rings. The number of aryl methyl sites for hydroxylation is 1. The number of fused-ring (bicyclic) bond motifs is 1. The number of amides is 2. The van der Waals surface area contributed by atoms with Crippen LogP contribution in [0.1, 0.15) is 58.8 Å². The van der Waals surface area contributed by atoms with Crippen LogP contribution in [-0.2, 0) is 11.3 Å². The Hall–Kier alpha value is -2.62. The Morgan fingerprint density at radius 2 is 1.77 bits per heavy atom. The molecule has 0 spiro atoms. The Kier molecular flexibility index (Phi) is 4.49. The van der Waals surface area contributed by atoms with E-state index in [2.05, 4.69) is 5.32 Å². The monoisotopic (exact) mass is 348 g/mol. The summed E-state index contributed by atoms with van der Waals surface area (Å²) in [5.41, 5.74) is 3.68. The van der Waals surface area contributed by atoms with Crippen LogP contribution in [-0.4, -0.2) is 22.8 Å². The van der Waals surface area contributed by atoms with Gasteiger partial charge in [-0.1, -0.05) is 60.9 Å². The Bertz CT molecular complexity index is 822. The summed E-state index contributed by atoms with van der Waals surface area (Å²) in [6, 6.07) is 15.3. The molecule has 0 bridgehead atoms. The van der Waals surface area contributed by atoms with E-state index in [9.17, 15) is 9.59 Å². The van der Waals surface area contributed by atoms with Crippen LogP contribution < -0.4 is 5.32 Å². The smallest absolute Gasteiger partial charge is 0.255 e. The molecule has 1 atom stereocenters. The number of carbonyl (C=O) groups excluding carboxylic acids is 2. The minimum Gasteiger partial charge on any atom is -0.351 e. The van der Waals surface area contributed by atoms with E-state index in [1.54, 1.807) is 4.90 Å². The standard InChI is InChI=1S/C22H24N2O2/c1-15-10-12-16(13-11-15)14-24-20(21(25)23-17-6-2-3-7-17)18-8-4-5-9-19(18)22(24)26/h4-5,8-13,17,20H,2-3,6-7,14H2,1H3,(H,23,25). The topological polar surface area (TPSA) is 49.4 Å². The van der Waals surface area contributed by atoms with Crippen LogP contribution in [0, 0.1) is 6.92 Å². The third-order valence-corrected chi connectivity index (χ3v) is 5.48. The van der Waals surface area contributed by atoms with Gasteiger partial charge in [0, 0.05) is 18.2 Å². The molecule has 1 fully saturated rings. The SMILES string of the molecule is Cc1ccc(CN2C(=O)c3ccccc3C2C(=O)NC2CCCC2)cc1. The second-order valence-corrected chi connectivity index (χ2v) is 7.40. The van der Waals surface area contributed by atoms with Crippen LogP contribution >= 0.6 is 0 Å². The van der Waals surface area contributed by atoms with Crippen LogP contribution in [0.2, 0.25) is 0 Å².